The molecule has 0 radical (unpaired) electrons. The van der Waals surface area contributed by atoms with Crippen LogP contribution in [0.1, 0.15) is 55.9 Å². The van der Waals surface area contributed by atoms with E-state index in [1.807, 2.05) is 6.92 Å². The molecule has 18 heavy (non-hydrogen) atoms. The zero-order valence-corrected chi connectivity index (χ0v) is 10.7. The molecule has 0 spiro atoms. The van der Waals surface area contributed by atoms with Gasteiger partial charge in [-0.05, 0) is 25.7 Å². The van der Waals surface area contributed by atoms with Crippen LogP contribution in [0.25, 0.3) is 0 Å². The van der Waals surface area contributed by atoms with Crippen LogP contribution in [0, 0.1) is 5.92 Å². The minimum atomic E-state index is -0.459. The van der Waals surface area contributed by atoms with Gasteiger partial charge >= 0.3 is 5.69 Å². The Morgan fingerprint density at radius 2 is 2.17 bits per heavy atom. The summed E-state index contributed by atoms with van der Waals surface area (Å²) in [5, 5.41) is 0. The molecule has 1 saturated carbocycles. The molecule has 0 saturated heterocycles. The van der Waals surface area contributed by atoms with Crippen LogP contribution in [-0.4, -0.2) is 15.3 Å². The molecule has 1 N–H and O–H groups in total. The summed E-state index contributed by atoms with van der Waals surface area (Å²) in [6, 6.07) is -0.104. The lowest BCUT2D eigenvalue weighted by Crippen LogP contribution is -2.40. The van der Waals surface area contributed by atoms with Crippen molar-refractivity contribution in [3.63, 3.8) is 0 Å². The van der Waals surface area contributed by atoms with Crippen molar-refractivity contribution in [2.24, 2.45) is 5.92 Å². The lowest BCUT2D eigenvalue weighted by molar-refractivity contribution is 0.101. The van der Waals surface area contributed by atoms with E-state index in [1.165, 1.54) is 30.5 Å². The summed E-state index contributed by atoms with van der Waals surface area (Å²) < 4.78 is 1.22. The van der Waals surface area contributed by atoms with Crippen LogP contribution in [0.2, 0.25) is 0 Å². The van der Waals surface area contributed by atoms with E-state index in [4.69, 9.17) is 0 Å². The van der Waals surface area contributed by atoms with Gasteiger partial charge in [0.1, 0.15) is 0 Å². The van der Waals surface area contributed by atoms with E-state index in [9.17, 15) is 14.4 Å². The minimum Gasteiger partial charge on any atom is -0.313 e. The maximum atomic E-state index is 12.2. The van der Waals surface area contributed by atoms with Gasteiger partial charge in [0.05, 0.1) is 5.56 Å². The summed E-state index contributed by atoms with van der Waals surface area (Å²) in [6.45, 7) is 3.29. The van der Waals surface area contributed by atoms with Gasteiger partial charge in [-0.25, -0.2) is 4.79 Å². The highest BCUT2D eigenvalue weighted by molar-refractivity contribution is 5.93. The average molecular weight is 250 g/mol. The molecular formula is C13H18N2O3. The molecule has 0 aromatic carbocycles. The first-order valence-corrected chi connectivity index (χ1v) is 6.39. The molecule has 1 aliphatic carbocycles. The summed E-state index contributed by atoms with van der Waals surface area (Å²) in [7, 11) is 0. The number of rotatable bonds is 5. The molecule has 2 rings (SSSR count). The van der Waals surface area contributed by atoms with Crippen LogP contribution in [-0.2, 0) is 0 Å². The molecule has 0 amide bonds. The highest BCUT2D eigenvalue weighted by Gasteiger charge is 2.27. The first-order chi connectivity index (χ1) is 8.54. The van der Waals surface area contributed by atoms with Crippen LogP contribution >= 0.6 is 0 Å². The third-order valence-electron chi connectivity index (χ3n) is 3.53. The van der Waals surface area contributed by atoms with Gasteiger partial charge < -0.3 is 4.98 Å². The van der Waals surface area contributed by atoms with Crippen molar-refractivity contribution in [2.75, 3.05) is 0 Å². The van der Waals surface area contributed by atoms with E-state index in [1.54, 1.807) is 0 Å². The Morgan fingerprint density at radius 1 is 1.50 bits per heavy atom. The lowest BCUT2D eigenvalue weighted by atomic mass is 10.1. The largest absolute Gasteiger partial charge is 0.328 e. The summed E-state index contributed by atoms with van der Waals surface area (Å²) in [6.07, 6.45) is 5.14. The number of aromatic amines is 1. The zero-order valence-electron chi connectivity index (χ0n) is 10.7. The van der Waals surface area contributed by atoms with Crippen molar-refractivity contribution in [1.29, 1.82) is 0 Å². The quantitative estimate of drug-likeness (QED) is 0.805. The van der Waals surface area contributed by atoms with Crippen molar-refractivity contribution in [3.8, 4) is 0 Å². The number of Topliss-reactive ketones (excluding diaryl/α,β-unsaturated/α-hetero) is 1. The normalized spacial score (nSPS) is 16.6. The fourth-order valence-electron chi connectivity index (χ4n) is 2.26. The number of hydrogen-bond acceptors (Lipinski definition) is 3. The Balaban J connectivity index is 2.46. The molecule has 1 aliphatic rings. The second-order valence-electron chi connectivity index (χ2n) is 4.98. The molecule has 1 aromatic rings. The number of nitrogens with zero attached hydrogens (tertiary/aromatic N) is 1. The Hall–Kier alpha value is -1.65. The van der Waals surface area contributed by atoms with E-state index in [0.29, 0.717) is 5.92 Å². The number of aromatic nitrogens is 2. The van der Waals surface area contributed by atoms with E-state index >= 15 is 0 Å². The number of H-pyrrole nitrogens is 1. The number of carbonyl (C=O) groups is 1. The maximum absolute atomic E-state index is 12.2. The third-order valence-corrected chi connectivity index (χ3v) is 3.53. The first-order valence-electron chi connectivity index (χ1n) is 6.39. The summed E-state index contributed by atoms with van der Waals surface area (Å²) in [5.74, 6) is 0.313. The van der Waals surface area contributed by atoms with Gasteiger partial charge in [-0.2, -0.15) is 0 Å². The SMILES string of the molecule is CCC(CC1CC1)n1c(=O)[nH]cc(C(C)=O)c1=O. The fourth-order valence-corrected chi connectivity index (χ4v) is 2.26. The van der Waals surface area contributed by atoms with Crippen molar-refractivity contribution < 1.29 is 4.79 Å². The second kappa shape index (κ2) is 4.92. The van der Waals surface area contributed by atoms with Gasteiger partial charge in [0.25, 0.3) is 5.56 Å². The van der Waals surface area contributed by atoms with Crippen molar-refractivity contribution in [1.82, 2.24) is 9.55 Å². The van der Waals surface area contributed by atoms with Gasteiger partial charge in [-0.1, -0.05) is 19.8 Å². The predicted octanol–water partition coefficient (Wildman–Crippen LogP) is 1.49. The number of ketones is 1. The van der Waals surface area contributed by atoms with E-state index in [0.717, 1.165) is 12.8 Å². The van der Waals surface area contributed by atoms with E-state index in [2.05, 4.69) is 4.98 Å². The second-order valence-corrected chi connectivity index (χ2v) is 4.98. The molecule has 98 valence electrons. The van der Waals surface area contributed by atoms with Crippen LogP contribution < -0.4 is 11.2 Å². The monoisotopic (exact) mass is 250 g/mol. The highest BCUT2D eigenvalue weighted by atomic mass is 16.2. The number of nitrogens with one attached hydrogen (secondary N) is 1. The van der Waals surface area contributed by atoms with Gasteiger partial charge in [0, 0.05) is 12.2 Å². The van der Waals surface area contributed by atoms with E-state index in [-0.39, 0.29) is 17.4 Å². The Bertz CT molecular complexity index is 566. The van der Waals surface area contributed by atoms with Gasteiger partial charge in [-0.3, -0.25) is 14.2 Å². The Labute approximate surface area is 105 Å². The molecule has 5 heteroatoms. The topological polar surface area (TPSA) is 71.9 Å². The fraction of sp³-hybridized carbons (Fsp3) is 0.615. The molecule has 1 fully saturated rings. The molecule has 1 atom stereocenters. The molecule has 0 bridgehead atoms. The zero-order chi connectivity index (χ0) is 13.3. The third kappa shape index (κ3) is 2.44. The first kappa shape index (κ1) is 12.8. The van der Waals surface area contributed by atoms with Crippen molar-refractivity contribution in [3.05, 3.63) is 32.6 Å². The molecule has 1 aromatic heterocycles. The maximum Gasteiger partial charge on any atom is 0.328 e. The standard InChI is InChI=1S/C13H18N2O3/c1-3-10(6-9-4-5-9)15-12(17)11(8(2)16)7-14-13(15)18/h7,9-10H,3-6H2,1-2H3,(H,14,18). The van der Waals surface area contributed by atoms with Gasteiger partial charge in [-0.15, -0.1) is 0 Å². The van der Waals surface area contributed by atoms with Crippen LogP contribution in [0.4, 0.5) is 0 Å². The predicted molar refractivity (Wildman–Crippen MR) is 68.0 cm³/mol. The highest BCUT2D eigenvalue weighted by Crippen LogP contribution is 2.37. The lowest BCUT2D eigenvalue weighted by Gasteiger charge is -2.17. The Morgan fingerprint density at radius 3 is 2.67 bits per heavy atom. The van der Waals surface area contributed by atoms with Crippen LogP contribution in [0.5, 0.6) is 0 Å². The van der Waals surface area contributed by atoms with Crippen molar-refractivity contribution >= 4 is 5.78 Å². The summed E-state index contributed by atoms with van der Waals surface area (Å²) in [5.41, 5.74) is -0.819. The number of hydrogen-bond donors (Lipinski definition) is 1. The molecule has 1 heterocycles. The summed E-state index contributed by atoms with van der Waals surface area (Å²) in [4.78, 5) is 37.8. The molecular weight excluding hydrogens is 232 g/mol. The van der Waals surface area contributed by atoms with Crippen molar-refractivity contribution in [2.45, 2.75) is 45.6 Å². The average Bonchev–Trinajstić information content (AvgIpc) is 3.11. The molecule has 0 aliphatic heterocycles. The van der Waals surface area contributed by atoms with Crippen LogP contribution in [0.15, 0.2) is 15.8 Å². The molecule has 5 nitrogen and oxygen atoms in total. The summed E-state index contributed by atoms with van der Waals surface area (Å²) >= 11 is 0. The smallest absolute Gasteiger partial charge is 0.313 e. The number of carbonyl (C=O) groups excluding carboxylic acids is 1. The molecule has 1 unspecified atom stereocenters. The van der Waals surface area contributed by atoms with Crippen LogP contribution in [0.3, 0.4) is 0 Å². The minimum absolute atomic E-state index is 0.0591. The van der Waals surface area contributed by atoms with E-state index < -0.39 is 11.2 Å². The van der Waals surface area contributed by atoms with Gasteiger partial charge in [0.15, 0.2) is 5.78 Å². The van der Waals surface area contributed by atoms with Gasteiger partial charge in [0.2, 0.25) is 0 Å². The Kier molecular flexibility index (Phi) is 3.50.